The van der Waals surface area contributed by atoms with Gasteiger partial charge < -0.3 is 10.1 Å². The number of nitrogens with one attached hydrogen (secondary N) is 1. The largest absolute Gasteiger partial charge is 0.457 e. The van der Waals surface area contributed by atoms with E-state index in [1.807, 2.05) is 30.3 Å². The molecule has 4 heteroatoms. The molecule has 2 aromatic carbocycles. The molecule has 1 N–H and O–H groups in total. The minimum atomic E-state index is 0.415. The van der Waals surface area contributed by atoms with Gasteiger partial charge in [-0.3, -0.25) is 0 Å². The van der Waals surface area contributed by atoms with Crippen molar-refractivity contribution in [3.05, 3.63) is 53.1 Å². The summed E-state index contributed by atoms with van der Waals surface area (Å²) in [5.74, 6) is 1.67. The van der Waals surface area contributed by atoms with E-state index >= 15 is 0 Å². The smallest absolute Gasteiger partial charge is 0.132 e. The van der Waals surface area contributed by atoms with Crippen molar-refractivity contribution >= 4 is 23.4 Å². The predicted molar refractivity (Wildman–Crippen MR) is 91.7 cm³/mol. The molecule has 112 valence electrons. The van der Waals surface area contributed by atoms with Gasteiger partial charge in [-0.2, -0.15) is 0 Å². The van der Waals surface area contributed by atoms with Crippen LogP contribution in [0.15, 0.2) is 47.4 Å². The Balaban J connectivity index is 2.17. The van der Waals surface area contributed by atoms with Gasteiger partial charge in [0.05, 0.1) is 0 Å². The lowest BCUT2D eigenvalue weighted by Crippen LogP contribution is -2.22. The van der Waals surface area contributed by atoms with Crippen molar-refractivity contribution < 1.29 is 4.74 Å². The van der Waals surface area contributed by atoms with Crippen molar-refractivity contribution in [3.8, 4) is 11.5 Å². The zero-order valence-corrected chi connectivity index (χ0v) is 14.1. The van der Waals surface area contributed by atoms with E-state index in [4.69, 9.17) is 16.3 Å². The number of thioether (sulfide) groups is 1. The van der Waals surface area contributed by atoms with Gasteiger partial charge in [0.1, 0.15) is 11.5 Å². The van der Waals surface area contributed by atoms with E-state index in [1.165, 1.54) is 4.90 Å². The monoisotopic (exact) mass is 321 g/mol. The van der Waals surface area contributed by atoms with Gasteiger partial charge in [0, 0.05) is 28.1 Å². The molecule has 0 unspecified atom stereocenters. The summed E-state index contributed by atoms with van der Waals surface area (Å²) in [6.45, 7) is 4.97. The topological polar surface area (TPSA) is 21.3 Å². The van der Waals surface area contributed by atoms with Crippen molar-refractivity contribution in [2.24, 2.45) is 0 Å². The number of rotatable bonds is 6. The van der Waals surface area contributed by atoms with Gasteiger partial charge in [0.15, 0.2) is 0 Å². The fraction of sp³-hybridized carbons (Fsp3) is 0.294. The molecule has 0 aliphatic heterocycles. The second-order valence-corrected chi connectivity index (χ2v) is 6.38. The third-order valence-corrected chi connectivity index (χ3v) is 3.99. The highest BCUT2D eigenvalue weighted by atomic mass is 35.5. The Bertz CT molecular complexity index is 584. The molecule has 2 aromatic rings. The summed E-state index contributed by atoms with van der Waals surface area (Å²) in [7, 11) is 0. The number of hydrogen-bond donors (Lipinski definition) is 1. The number of halogens is 1. The number of hydrogen-bond acceptors (Lipinski definition) is 3. The Kier molecular flexibility index (Phi) is 5.97. The molecule has 0 bridgehead atoms. The van der Waals surface area contributed by atoms with Crippen molar-refractivity contribution in [2.75, 3.05) is 6.26 Å². The van der Waals surface area contributed by atoms with Crippen LogP contribution in [0.2, 0.25) is 5.02 Å². The summed E-state index contributed by atoms with van der Waals surface area (Å²) >= 11 is 7.81. The van der Waals surface area contributed by atoms with Gasteiger partial charge in [-0.05, 0) is 48.7 Å². The maximum Gasteiger partial charge on any atom is 0.132 e. The molecule has 0 atom stereocenters. The molecule has 0 amide bonds. The third-order valence-electron chi connectivity index (χ3n) is 3.01. The predicted octanol–water partition coefficient (Wildman–Crippen LogP) is 5.35. The van der Waals surface area contributed by atoms with Crippen LogP contribution in [0.25, 0.3) is 0 Å². The summed E-state index contributed by atoms with van der Waals surface area (Å²) in [6, 6.07) is 14.2. The van der Waals surface area contributed by atoms with Gasteiger partial charge in [-0.1, -0.05) is 25.4 Å². The highest BCUT2D eigenvalue weighted by Crippen LogP contribution is 2.29. The Morgan fingerprint density at radius 1 is 1.14 bits per heavy atom. The lowest BCUT2D eigenvalue weighted by molar-refractivity contribution is 0.469. The highest BCUT2D eigenvalue weighted by Gasteiger charge is 2.07. The minimum Gasteiger partial charge on any atom is -0.457 e. The SMILES string of the molecule is CSc1ccc(Oc2ccc(Cl)cc2CNC(C)C)cc1. The average Bonchev–Trinajstić information content (AvgIpc) is 2.48. The number of ether oxygens (including phenoxy) is 1. The molecule has 2 rings (SSSR count). The first-order valence-electron chi connectivity index (χ1n) is 6.92. The summed E-state index contributed by atoms with van der Waals surface area (Å²) in [6.07, 6.45) is 2.06. The van der Waals surface area contributed by atoms with E-state index in [0.717, 1.165) is 28.6 Å². The third kappa shape index (κ3) is 4.95. The van der Waals surface area contributed by atoms with E-state index in [2.05, 4.69) is 37.6 Å². The van der Waals surface area contributed by atoms with Gasteiger partial charge in [0.25, 0.3) is 0 Å². The van der Waals surface area contributed by atoms with Gasteiger partial charge in [0.2, 0.25) is 0 Å². The van der Waals surface area contributed by atoms with E-state index in [-0.39, 0.29) is 0 Å². The second kappa shape index (κ2) is 7.74. The van der Waals surface area contributed by atoms with E-state index in [1.54, 1.807) is 11.8 Å². The van der Waals surface area contributed by atoms with Crippen LogP contribution in [0.3, 0.4) is 0 Å². The van der Waals surface area contributed by atoms with Crippen molar-refractivity contribution in [3.63, 3.8) is 0 Å². The Morgan fingerprint density at radius 3 is 2.48 bits per heavy atom. The standard InChI is InChI=1S/C17H20ClNOS/c1-12(2)19-11-13-10-14(18)4-9-17(13)20-15-5-7-16(21-3)8-6-15/h4-10,12,19H,11H2,1-3H3. The van der Waals surface area contributed by atoms with Crippen molar-refractivity contribution in [1.29, 1.82) is 0 Å². The molecular formula is C17H20ClNOS. The summed E-state index contributed by atoms with van der Waals surface area (Å²) < 4.78 is 5.99. The highest BCUT2D eigenvalue weighted by molar-refractivity contribution is 7.98. The molecule has 21 heavy (non-hydrogen) atoms. The first-order chi connectivity index (χ1) is 10.1. The van der Waals surface area contributed by atoms with Gasteiger partial charge in [-0.15, -0.1) is 11.8 Å². The molecule has 0 aromatic heterocycles. The number of benzene rings is 2. The first kappa shape index (κ1) is 16.2. The fourth-order valence-corrected chi connectivity index (χ4v) is 2.47. The average molecular weight is 322 g/mol. The van der Waals surface area contributed by atoms with Crippen LogP contribution >= 0.6 is 23.4 Å². The van der Waals surface area contributed by atoms with Crippen LogP contribution in [0.4, 0.5) is 0 Å². The summed E-state index contributed by atoms with van der Waals surface area (Å²) in [5, 5.41) is 4.11. The molecular weight excluding hydrogens is 302 g/mol. The van der Waals surface area contributed by atoms with Crippen LogP contribution < -0.4 is 10.1 Å². The molecule has 0 fully saturated rings. The molecule has 0 saturated heterocycles. The molecule has 0 saturated carbocycles. The molecule has 0 aliphatic rings. The van der Waals surface area contributed by atoms with Crippen LogP contribution in [0.1, 0.15) is 19.4 Å². The Labute approximate surface area is 135 Å². The lowest BCUT2D eigenvalue weighted by atomic mass is 10.2. The minimum absolute atomic E-state index is 0.415. The van der Waals surface area contributed by atoms with Gasteiger partial charge >= 0.3 is 0 Å². The van der Waals surface area contributed by atoms with Crippen LogP contribution in [-0.2, 0) is 6.54 Å². The molecule has 2 nitrogen and oxygen atoms in total. The first-order valence-corrected chi connectivity index (χ1v) is 8.52. The van der Waals surface area contributed by atoms with Crippen molar-refractivity contribution in [2.45, 2.75) is 31.3 Å². The zero-order valence-electron chi connectivity index (χ0n) is 12.5. The van der Waals surface area contributed by atoms with Crippen LogP contribution in [0, 0.1) is 0 Å². The quantitative estimate of drug-likeness (QED) is 0.724. The normalized spacial score (nSPS) is 10.9. The van der Waals surface area contributed by atoms with Crippen molar-refractivity contribution in [1.82, 2.24) is 5.32 Å². The molecule has 0 spiro atoms. The van der Waals surface area contributed by atoms with Crippen LogP contribution in [-0.4, -0.2) is 12.3 Å². The fourth-order valence-electron chi connectivity index (χ4n) is 1.87. The maximum absolute atomic E-state index is 6.09. The summed E-state index contributed by atoms with van der Waals surface area (Å²) in [5.41, 5.74) is 1.06. The zero-order chi connectivity index (χ0) is 15.2. The molecule has 0 heterocycles. The summed E-state index contributed by atoms with van der Waals surface area (Å²) in [4.78, 5) is 1.22. The Morgan fingerprint density at radius 2 is 1.86 bits per heavy atom. The van der Waals surface area contributed by atoms with E-state index < -0.39 is 0 Å². The van der Waals surface area contributed by atoms with E-state index in [0.29, 0.717) is 6.04 Å². The molecule has 0 radical (unpaired) electrons. The second-order valence-electron chi connectivity index (χ2n) is 5.07. The van der Waals surface area contributed by atoms with Gasteiger partial charge in [-0.25, -0.2) is 0 Å². The maximum atomic E-state index is 6.09. The lowest BCUT2D eigenvalue weighted by Gasteiger charge is -2.14. The van der Waals surface area contributed by atoms with E-state index in [9.17, 15) is 0 Å². The molecule has 0 aliphatic carbocycles. The Hall–Kier alpha value is -1.16. The van der Waals surface area contributed by atoms with Crippen LogP contribution in [0.5, 0.6) is 11.5 Å².